The third-order valence-electron chi connectivity index (χ3n) is 5.10. The predicted octanol–water partition coefficient (Wildman–Crippen LogP) is 1.50. The van der Waals surface area contributed by atoms with Gasteiger partial charge in [-0.25, -0.2) is 0 Å². The van der Waals surface area contributed by atoms with E-state index in [-0.39, 0.29) is 5.54 Å². The summed E-state index contributed by atoms with van der Waals surface area (Å²) in [6, 6.07) is 4.00. The lowest BCUT2D eigenvalue weighted by molar-refractivity contribution is 0.147. The Balaban J connectivity index is 1.68. The van der Waals surface area contributed by atoms with Gasteiger partial charge in [0, 0.05) is 18.6 Å². The van der Waals surface area contributed by atoms with Crippen molar-refractivity contribution < 1.29 is 0 Å². The van der Waals surface area contributed by atoms with Crippen LogP contribution >= 0.6 is 0 Å². The number of nitrogens with zero attached hydrogens (tertiary/aromatic N) is 2. The molecule has 2 saturated carbocycles. The van der Waals surface area contributed by atoms with Crippen LogP contribution in [0.15, 0.2) is 0 Å². The average molecular weight is 219 g/mol. The van der Waals surface area contributed by atoms with E-state index in [9.17, 15) is 5.26 Å². The molecule has 1 saturated heterocycles. The summed E-state index contributed by atoms with van der Waals surface area (Å²) in [6.45, 7) is 1.31. The first-order valence-electron chi connectivity index (χ1n) is 6.62. The summed E-state index contributed by atoms with van der Waals surface area (Å²) in [6.07, 6.45) is 7.54. The van der Waals surface area contributed by atoms with E-state index in [4.69, 9.17) is 0 Å². The summed E-state index contributed by atoms with van der Waals surface area (Å²) in [7, 11) is 1.93. The molecule has 4 unspecified atom stereocenters. The maximum atomic E-state index is 9.28. The SMILES string of the molecule is CNC1(C#N)CCC(N2CC3CCC2C3)C1. The van der Waals surface area contributed by atoms with Crippen LogP contribution in [0.25, 0.3) is 0 Å². The molecule has 1 heterocycles. The van der Waals surface area contributed by atoms with Crippen LogP contribution in [-0.4, -0.2) is 36.1 Å². The van der Waals surface area contributed by atoms with Gasteiger partial charge in [0.2, 0.25) is 0 Å². The van der Waals surface area contributed by atoms with Gasteiger partial charge in [-0.05, 0) is 51.5 Å². The van der Waals surface area contributed by atoms with Gasteiger partial charge in [-0.2, -0.15) is 5.26 Å². The first kappa shape index (κ1) is 10.6. The quantitative estimate of drug-likeness (QED) is 0.765. The Bertz CT molecular complexity index is 322. The number of nitrogens with one attached hydrogen (secondary N) is 1. The van der Waals surface area contributed by atoms with Crippen molar-refractivity contribution in [3.8, 4) is 6.07 Å². The molecule has 3 heteroatoms. The fraction of sp³-hybridized carbons (Fsp3) is 0.923. The van der Waals surface area contributed by atoms with Crippen molar-refractivity contribution in [1.29, 1.82) is 5.26 Å². The maximum Gasteiger partial charge on any atom is 0.108 e. The fourth-order valence-corrected chi connectivity index (χ4v) is 4.10. The first-order valence-corrected chi connectivity index (χ1v) is 6.62. The molecule has 4 atom stereocenters. The second-order valence-electron chi connectivity index (χ2n) is 5.87. The summed E-state index contributed by atoms with van der Waals surface area (Å²) in [4.78, 5) is 2.71. The van der Waals surface area contributed by atoms with Crippen LogP contribution < -0.4 is 5.32 Å². The summed E-state index contributed by atoms with van der Waals surface area (Å²) in [5.41, 5.74) is -0.230. The standard InChI is InChI=1S/C13H21N3/c1-15-13(9-14)5-4-12(7-13)16-8-10-2-3-11(16)6-10/h10-12,15H,2-8H2,1H3. The zero-order valence-corrected chi connectivity index (χ0v) is 10.1. The number of hydrogen-bond donors (Lipinski definition) is 1. The van der Waals surface area contributed by atoms with E-state index in [1.807, 2.05) is 7.05 Å². The average Bonchev–Trinajstić information content (AvgIpc) is 3.03. The van der Waals surface area contributed by atoms with E-state index in [2.05, 4.69) is 16.3 Å². The van der Waals surface area contributed by atoms with Gasteiger partial charge >= 0.3 is 0 Å². The second kappa shape index (κ2) is 3.72. The van der Waals surface area contributed by atoms with E-state index in [0.717, 1.165) is 24.8 Å². The van der Waals surface area contributed by atoms with Crippen molar-refractivity contribution >= 4 is 0 Å². The highest BCUT2D eigenvalue weighted by Crippen LogP contribution is 2.43. The molecule has 1 N–H and O–H groups in total. The molecule has 1 aliphatic heterocycles. The van der Waals surface area contributed by atoms with Gasteiger partial charge in [0.1, 0.15) is 5.54 Å². The third kappa shape index (κ3) is 1.48. The molecule has 0 amide bonds. The van der Waals surface area contributed by atoms with Crippen LogP contribution in [0.4, 0.5) is 0 Å². The van der Waals surface area contributed by atoms with Crippen LogP contribution in [0, 0.1) is 17.2 Å². The number of hydrogen-bond acceptors (Lipinski definition) is 3. The van der Waals surface area contributed by atoms with Crippen LogP contribution in [0.5, 0.6) is 0 Å². The van der Waals surface area contributed by atoms with Crippen LogP contribution in [0.2, 0.25) is 0 Å². The minimum absolute atomic E-state index is 0.230. The second-order valence-corrected chi connectivity index (χ2v) is 5.87. The molecule has 0 spiro atoms. The van der Waals surface area contributed by atoms with Crippen LogP contribution in [0.3, 0.4) is 0 Å². The lowest BCUT2D eigenvalue weighted by atomic mass is 9.99. The van der Waals surface area contributed by atoms with Crippen molar-refractivity contribution in [3.05, 3.63) is 0 Å². The number of fused-ring (bicyclic) bond motifs is 2. The number of nitriles is 1. The van der Waals surface area contributed by atoms with Gasteiger partial charge in [-0.1, -0.05) is 0 Å². The highest BCUT2D eigenvalue weighted by molar-refractivity contribution is 5.14. The van der Waals surface area contributed by atoms with Crippen molar-refractivity contribution in [2.75, 3.05) is 13.6 Å². The summed E-state index contributed by atoms with van der Waals surface area (Å²) >= 11 is 0. The molecular weight excluding hydrogens is 198 g/mol. The smallest absolute Gasteiger partial charge is 0.108 e. The Kier molecular flexibility index (Phi) is 2.45. The van der Waals surface area contributed by atoms with Gasteiger partial charge in [0.05, 0.1) is 6.07 Å². The predicted molar refractivity (Wildman–Crippen MR) is 62.9 cm³/mol. The van der Waals surface area contributed by atoms with Crippen molar-refractivity contribution in [3.63, 3.8) is 0 Å². The molecule has 88 valence electrons. The molecule has 0 aromatic rings. The molecule has 0 aromatic heterocycles. The summed E-state index contributed by atoms with van der Waals surface area (Å²) < 4.78 is 0. The Morgan fingerprint density at radius 2 is 2.19 bits per heavy atom. The Hall–Kier alpha value is -0.590. The molecule has 3 rings (SSSR count). The summed E-state index contributed by atoms with van der Waals surface area (Å²) in [5.74, 6) is 0.969. The molecular formula is C13H21N3. The number of piperidine rings is 1. The number of rotatable bonds is 2. The topological polar surface area (TPSA) is 39.1 Å². The summed E-state index contributed by atoms with van der Waals surface area (Å²) in [5, 5.41) is 12.5. The third-order valence-corrected chi connectivity index (χ3v) is 5.10. The molecule has 0 radical (unpaired) electrons. The Labute approximate surface area is 97.8 Å². The molecule has 3 nitrogen and oxygen atoms in total. The van der Waals surface area contributed by atoms with Gasteiger partial charge < -0.3 is 5.32 Å². The lowest BCUT2D eigenvalue weighted by Crippen LogP contribution is -2.44. The van der Waals surface area contributed by atoms with Gasteiger partial charge in [0.15, 0.2) is 0 Å². The molecule has 16 heavy (non-hydrogen) atoms. The molecule has 2 bridgehead atoms. The Morgan fingerprint density at radius 3 is 2.69 bits per heavy atom. The Morgan fingerprint density at radius 1 is 1.31 bits per heavy atom. The first-order chi connectivity index (χ1) is 7.76. The van der Waals surface area contributed by atoms with Crippen LogP contribution in [0.1, 0.15) is 38.5 Å². The zero-order valence-electron chi connectivity index (χ0n) is 10.1. The molecule has 3 aliphatic rings. The highest BCUT2D eigenvalue weighted by Gasteiger charge is 2.46. The van der Waals surface area contributed by atoms with Gasteiger partial charge in [-0.3, -0.25) is 4.90 Å². The number of likely N-dealkylation sites (tertiary alicyclic amines) is 1. The normalized spacial score (nSPS) is 47.4. The van der Waals surface area contributed by atoms with Crippen molar-refractivity contribution in [2.24, 2.45) is 5.92 Å². The van der Waals surface area contributed by atoms with Gasteiger partial charge in [-0.15, -0.1) is 0 Å². The lowest BCUT2D eigenvalue weighted by Gasteiger charge is -2.33. The highest BCUT2D eigenvalue weighted by atomic mass is 15.2. The van der Waals surface area contributed by atoms with E-state index in [0.29, 0.717) is 6.04 Å². The maximum absolute atomic E-state index is 9.28. The van der Waals surface area contributed by atoms with Crippen molar-refractivity contribution in [1.82, 2.24) is 10.2 Å². The zero-order chi connectivity index (χ0) is 11.2. The fourth-order valence-electron chi connectivity index (χ4n) is 4.10. The van der Waals surface area contributed by atoms with E-state index < -0.39 is 0 Å². The van der Waals surface area contributed by atoms with E-state index >= 15 is 0 Å². The van der Waals surface area contributed by atoms with E-state index in [1.54, 1.807) is 0 Å². The van der Waals surface area contributed by atoms with E-state index in [1.165, 1.54) is 32.2 Å². The molecule has 3 fully saturated rings. The largest absolute Gasteiger partial charge is 0.302 e. The van der Waals surface area contributed by atoms with Crippen molar-refractivity contribution in [2.45, 2.75) is 56.1 Å². The minimum atomic E-state index is -0.230. The molecule has 2 aliphatic carbocycles. The molecule has 0 aromatic carbocycles. The van der Waals surface area contributed by atoms with Crippen LogP contribution in [-0.2, 0) is 0 Å². The van der Waals surface area contributed by atoms with Gasteiger partial charge in [0.25, 0.3) is 0 Å². The minimum Gasteiger partial charge on any atom is -0.302 e. The monoisotopic (exact) mass is 219 g/mol.